The van der Waals surface area contributed by atoms with Crippen molar-refractivity contribution >= 4 is 17.5 Å². The molecule has 3 aromatic heterocycles. The zero-order chi connectivity index (χ0) is 22.2. The monoisotopic (exact) mass is 449 g/mol. The minimum Gasteiger partial charge on any atom is -0.471 e. The van der Waals surface area contributed by atoms with Crippen LogP contribution in [0.2, 0.25) is 5.02 Å². The standard InChI is InChI=1S/C24H24ClN5O2/c1-14-8-17(21(28-11-14)22-26-6-3-7-27-22)24(31)30-13-16-4-5-19(30)20(10-16)32-23-18(25)9-15(2)12-29-23/h3,6-9,11-12,16,19-20H,4-5,10,13H2,1-2H3. The molecule has 0 N–H and O–H groups in total. The number of hydrogen-bond acceptors (Lipinski definition) is 6. The van der Waals surface area contributed by atoms with Gasteiger partial charge < -0.3 is 9.64 Å². The first-order valence-electron chi connectivity index (χ1n) is 10.8. The van der Waals surface area contributed by atoms with Gasteiger partial charge in [0, 0.05) is 31.3 Å². The predicted molar refractivity (Wildman–Crippen MR) is 121 cm³/mol. The summed E-state index contributed by atoms with van der Waals surface area (Å²) in [4.78, 5) is 33.2. The summed E-state index contributed by atoms with van der Waals surface area (Å²) in [7, 11) is 0. The molecule has 1 aliphatic carbocycles. The maximum Gasteiger partial charge on any atom is 0.256 e. The molecule has 0 aromatic carbocycles. The number of aryl methyl sites for hydroxylation is 2. The number of aromatic nitrogens is 4. The van der Waals surface area contributed by atoms with Gasteiger partial charge in [-0.25, -0.2) is 15.0 Å². The van der Waals surface area contributed by atoms with E-state index in [0.29, 0.717) is 40.4 Å². The summed E-state index contributed by atoms with van der Waals surface area (Å²) in [6.45, 7) is 4.58. The van der Waals surface area contributed by atoms with Crippen molar-refractivity contribution in [3.63, 3.8) is 0 Å². The fraction of sp³-hybridized carbons (Fsp3) is 0.375. The summed E-state index contributed by atoms with van der Waals surface area (Å²) in [5, 5.41) is 0.496. The highest BCUT2D eigenvalue weighted by Crippen LogP contribution is 2.39. The highest BCUT2D eigenvalue weighted by molar-refractivity contribution is 6.31. The molecule has 0 spiro atoms. The van der Waals surface area contributed by atoms with Crippen LogP contribution in [-0.2, 0) is 0 Å². The van der Waals surface area contributed by atoms with E-state index in [2.05, 4.69) is 19.9 Å². The van der Waals surface area contributed by atoms with Crippen molar-refractivity contribution in [2.45, 2.75) is 45.3 Å². The van der Waals surface area contributed by atoms with Gasteiger partial charge in [-0.15, -0.1) is 0 Å². The average molecular weight is 450 g/mol. The van der Waals surface area contributed by atoms with Crippen LogP contribution in [-0.4, -0.2) is 49.4 Å². The Morgan fingerprint density at radius 1 is 1.06 bits per heavy atom. The number of carbonyl (C=O) groups excluding carboxylic acids is 1. The Labute approximate surface area is 191 Å². The zero-order valence-corrected chi connectivity index (χ0v) is 18.8. The van der Waals surface area contributed by atoms with E-state index in [1.807, 2.05) is 30.9 Å². The molecule has 8 heteroatoms. The van der Waals surface area contributed by atoms with E-state index in [1.165, 1.54) is 0 Å². The number of carbonyl (C=O) groups is 1. The van der Waals surface area contributed by atoms with Gasteiger partial charge in [0.2, 0.25) is 5.88 Å². The van der Waals surface area contributed by atoms with Gasteiger partial charge in [0.1, 0.15) is 16.8 Å². The average Bonchev–Trinajstić information content (AvgIpc) is 2.81. The third kappa shape index (κ3) is 3.93. The van der Waals surface area contributed by atoms with Crippen LogP contribution in [0.15, 0.2) is 43.0 Å². The fourth-order valence-corrected chi connectivity index (χ4v) is 4.99. The molecular formula is C24H24ClN5O2. The van der Waals surface area contributed by atoms with Crippen molar-refractivity contribution in [2.75, 3.05) is 6.54 Å². The zero-order valence-electron chi connectivity index (χ0n) is 18.0. The van der Waals surface area contributed by atoms with Gasteiger partial charge in [0.05, 0.1) is 11.6 Å². The second-order valence-electron chi connectivity index (χ2n) is 8.64. The molecule has 32 heavy (non-hydrogen) atoms. The van der Waals surface area contributed by atoms with E-state index in [-0.39, 0.29) is 18.1 Å². The van der Waals surface area contributed by atoms with Gasteiger partial charge in [-0.05, 0) is 68.4 Å². The van der Waals surface area contributed by atoms with Crippen LogP contribution in [0.4, 0.5) is 0 Å². The third-order valence-electron chi connectivity index (χ3n) is 6.22. The number of pyridine rings is 2. The lowest BCUT2D eigenvalue weighted by Gasteiger charge is -2.49. The topological polar surface area (TPSA) is 81.1 Å². The SMILES string of the molecule is Cc1cnc(OC2CC3CCC2N(C(=O)c2cc(C)cnc2-c2ncccn2)C3)c(Cl)c1. The van der Waals surface area contributed by atoms with Crippen LogP contribution in [0.5, 0.6) is 5.88 Å². The molecule has 1 amide bonds. The van der Waals surface area contributed by atoms with Crippen molar-refractivity contribution in [2.24, 2.45) is 5.92 Å². The first-order valence-corrected chi connectivity index (χ1v) is 11.2. The number of nitrogens with zero attached hydrogens (tertiary/aromatic N) is 5. The van der Waals surface area contributed by atoms with Gasteiger partial charge in [0.25, 0.3) is 5.91 Å². The van der Waals surface area contributed by atoms with Crippen LogP contribution in [0.3, 0.4) is 0 Å². The molecule has 3 fully saturated rings. The number of ether oxygens (including phenoxy) is 1. The number of rotatable bonds is 4. The van der Waals surface area contributed by atoms with Gasteiger partial charge in [-0.2, -0.15) is 0 Å². The molecule has 0 radical (unpaired) electrons. The molecule has 2 saturated heterocycles. The van der Waals surface area contributed by atoms with Crippen molar-refractivity contribution < 1.29 is 9.53 Å². The normalized spacial score (nSPS) is 22.1. The minimum absolute atomic E-state index is 0.0447. The Hall–Kier alpha value is -3.06. The molecule has 2 aliphatic heterocycles. The Bertz CT molecular complexity index is 1160. The molecule has 3 aliphatic rings. The number of fused-ring (bicyclic) bond motifs is 3. The highest BCUT2D eigenvalue weighted by Gasteiger charge is 2.45. The van der Waals surface area contributed by atoms with Gasteiger partial charge in [-0.3, -0.25) is 9.78 Å². The summed E-state index contributed by atoms with van der Waals surface area (Å²) in [5.74, 6) is 1.20. The Kier molecular flexibility index (Phi) is 5.51. The summed E-state index contributed by atoms with van der Waals surface area (Å²) < 4.78 is 6.25. The second kappa shape index (κ2) is 8.47. The molecule has 3 aromatic rings. The van der Waals surface area contributed by atoms with Crippen molar-refractivity contribution in [1.82, 2.24) is 24.8 Å². The maximum absolute atomic E-state index is 13.8. The smallest absolute Gasteiger partial charge is 0.256 e. The fourth-order valence-electron chi connectivity index (χ4n) is 4.73. The van der Waals surface area contributed by atoms with Gasteiger partial charge in [0.15, 0.2) is 5.82 Å². The second-order valence-corrected chi connectivity index (χ2v) is 9.05. The Morgan fingerprint density at radius 3 is 2.56 bits per heavy atom. The van der Waals surface area contributed by atoms with Crippen LogP contribution >= 0.6 is 11.6 Å². The molecule has 2 bridgehead atoms. The van der Waals surface area contributed by atoms with Gasteiger partial charge >= 0.3 is 0 Å². The minimum atomic E-state index is -0.145. The predicted octanol–water partition coefficient (Wildman–Crippen LogP) is 4.28. The van der Waals surface area contributed by atoms with Crippen LogP contribution < -0.4 is 4.74 Å². The summed E-state index contributed by atoms with van der Waals surface area (Å²) in [6.07, 6.45) is 9.52. The van der Waals surface area contributed by atoms with Crippen LogP contribution in [0.25, 0.3) is 11.5 Å². The van der Waals surface area contributed by atoms with E-state index in [9.17, 15) is 4.79 Å². The summed E-state index contributed by atoms with van der Waals surface area (Å²) in [5.41, 5.74) is 2.92. The molecule has 1 saturated carbocycles. The number of piperidine rings is 2. The van der Waals surface area contributed by atoms with E-state index in [1.54, 1.807) is 30.9 Å². The Morgan fingerprint density at radius 2 is 1.81 bits per heavy atom. The Balaban J connectivity index is 1.45. The first kappa shape index (κ1) is 20.8. The van der Waals surface area contributed by atoms with Crippen LogP contribution in [0.1, 0.15) is 40.7 Å². The molecule has 3 unspecified atom stereocenters. The quantitative estimate of drug-likeness (QED) is 0.591. The van der Waals surface area contributed by atoms with E-state index in [4.69, 9.17) is 16.3 Å². The van der Waals surface area contributed by atoms with Crippen molar-refractivity contribution in [3.8, 4) is 17.4 Å². The lowest BCUT2D eigenvalue weighted by Crippen LogP contribution is -2.59. The molecule has 7 nitrogen and oxygen atoms in total. The summed E-state index contributed by atoms with van der Waals surface area (Å²) in [6, 6.07) is 5.42. The molecule has 3 atom stereocenters. The number of hydrogen-bond donors (Lipinski definition) is 0. The van der Waals surface area contributed by atoms with Crippen molar-refractivity contribution in [1.29, 1.82) is 0 Å². The van der Waals surface area contributed by atoms with E-state index < -0.39 is 0 Å². The largest absolute Gasteiger partial charge is 0.471 e. The summed E-state index contributed by atoms with van der Waals surface area (Å²) >= 11 is 6.36. The van der Waals surface area contributed by atoms with E-state index >= 15 is 0 Å². The maximum atomic E-state index is 13.8. The van der Waals surface area contributed by atoms with Crippen LogP contribution in [0, 0.1) is 19.8 Å². The lowest BCUT2D eigenvalue weighted by molar-refractivity contribution is -0.0313. The highest BCUT2D eigenvalue weighted by atomic mass is 35.5. The van der Waals surface area contributed by atoms with Gasteiger partial charge in [-0.1, -0.05) is 11.6 Å². The molecule has 5 heterocycles. The first-order chi connectivity index (χ1) is 15.5. The molecule has 6 rings (SSSR count). The third-order valence-corrected chi connectivity index (χ3v) is 6.49. The van der Waals surface area contributed by atoms with E-state index in [0.717, 1.165) is 30.4 Å². The van der Waals surface area contributed by atoms with Crippen molar-refractivity contribution in [3.05, 3.63) is 64.7 Å². The molecular weight excluding hydrogens is 426 g/mol. The number of halogens is 1. The number of amides is 1. The molecule has 164 valence electrons. The lowest BCUT2D eigenvalue weighted by atomic mass is 9.77.